The second kappa shape index (κ2) is 9.98. The van der Waals surface area contributed by atoms with Crippen LogP contribution in [0.3, 0.4) is 0 Å². The van der Waals surface area contributed by atoms with E-state index >= 15 is 0 Å². The van der Waals surface area contributed by atoms with Crippen molar-refractivity contribution in [3.8, 4) is 12.8 Å². The Morgan fingerprint density at radius 2 is 1.96 bits per heavy atom. The van der Waals surface area contributed by atoms with Gasteiger partial charge in [-0.15, -0.1) is 24.4 Å². The molecular formula is C20H26ClN3O3. The normalized spacial score (nSPS) is 10.8. The van der Waals surface area contributed by atoms with E-state index in [0.717, 1.165) is 17.5 Å². The molecule has 0 aliphatic rings. The molecule has 1 aromatic heterocycles. The number of hydrogen-bond donors (Lipinski definition) is 1. The molecular weight excluding hydrogens is 366 g/mol. The van der Waals surface area contributed by atoms with E-state index in [4.69, 9.17) is 16.3 Å². The average Bonchev–Trinajstić information content (AvgIpc) is 3.02. The fraction of sp³-hybridized carbons (Fsp3) is 0.450. The summed E-state index contributed by atoms with van der Waals surface area (Å²) < 4.78 is 5.45. The van der Waals surface area contributed by atoms with E-state index in [0.29, 0.717) is 24.5 Å². The number of H-pyrrole nitrogens is 1. The summed E-state index contributed by atoms with van der Waals surface area (Å²) in [7, 11) is 0. The first-order valence-corrected chi connectivity index (χ1v) is 9.16. The number of benzene rings is 1. The van der Waals surface area contributed by atoms with E-state index in [1.54, 1.807) is 23.1 Å². The second-order valence-corrected chi connectivity index (χ2v) is 7.14. The molecule has 2 aromatic rings. The summed E-state index contributed by atoms with van der Waals surface area (Å²) in [4.78, 5) is 33.3. The van der Waals surface area contributed by atoms with Crippen LogP contribution in [0.2, 0.25) is 0 Å². The first kappa shape index (κ1) is 22.5. The number of imidazole rings is 1. The number of fused-ring (bicyclic) bond motifs is 1. The highest BCUT2D eigenvalue weighted by Crippen LogP contribution is 2.17. The highest BCUT2D eigenvalue weighted by atomic mass is 35.5. The van der Waals surface area contributed by atoms with Crippen LogP contribution in [0.1, 0.15) is 50.3 Å². The lowest BCUT2D eigenvalue weighted by Gasteiger charge is -2.26. The lowest BCUT2D eigenvalue weighted by Crippen LogP contribution is -2.37. The molecule has 0 aliphatic carbocycles. The fourth-order valence-electron chi connectivity index (χ4n) is 2.40. The number of hydrogen-bond acceptors (Lipinski definition) is 4. The zero-order valence-electron chi connectivity index (χ0n) is 16.2. The van der Waals surface area contributed by atoms with E-state index in [9.17, 15) is 9.59 Å². The molecule has 0 fully saturated rings. The fourth-order valence-corrected chi connectivity index (χ4v) is 2.55. The van der Waals surface area contributed by atoms with Gasteiger partial charge >= 0.3 is 6.09 Å². The number of nitrogens with one attached hydrogen (secondary N) is 1. The Kier molecular flexibility index (Phi) is 8.32. The zero-order chi connectivity index (χ0) is 20.6. The molecule has 6 nitrogen and oxygen atoms in total. The van der Waals surface area contributed by atoms with Gasteiger partial charge in [0, 0.05) is 12.1 Å². The molecule has 1 amide bonds. The minimum absolute atomic E-state index is 0.0601. The van der Waals surface area contributed by atoms with Crippen molar-refractivity contribution in [1.82, 2.24) is 14.9 Å². The second-order valence-electron chi connectivity index (χ2n) is 6.87. The lowest BCUT2D eigenvalue weighted by molar-refractivity contribution is 0.0229. The van der Waals surface area contributed by atoms with Crippen LogP contribution in [-0.4, -0.2) is 44.8 Å². The van der Waals surface area contributed by atoms with E-state index in [1.165, 1.54) is 0 Å². The highest BCUT2D eigenvalue weighted by molar-refractivity contribution is 6.30. The SMILES string of the molecule is C#C.CCCN(Cc1nc2ccc(C(=O)CCl)cc2[nH]1)C(=O)OC(C)(C)C. The van der Waals surface area contributed by atoms with Gasteiger partial charge in [-0.1, -0.05) is 6.92 Å². The lowest BCUT2D eigenvalue weighted by atomic mass is 10.1. The number of carbonyl (C=O) groups excluding carboxylic acids is 2. The van der Waals surface area contributed by atoms with Crippen LogP contribution in [0.5, 0.6) is 0 Å². The predicted molar refractivity (Wildman–Crippen MR) is 108 cm³/mol. The molecule has 0 spiro atoms. The molecule has 0 unspecified atom stereocenters. The zero-order valence-corrected chi connectivity index (χ0v) is 17.0. The largest absolute Gasteiger partial charge is 0.444 e. The molecule has 7 heteroatoms. The maximum absolute atomic E-state index is 12.4. The van der Waals surface area contributed by atoms with Crippen molar-refractivity contribution in [1.29, 1.82) is 0 Å². The number of terminal acetylenes is 1. The standard InChI is InChI=1S/C18H24ClN3O3.C2H2/c1-5-8-22(17(24)25-18(2,3)4)11-16-20-13-7-6-12(15(23)10-19)9-14(13)21-16;1-2/h6-7,9H,5,8,10-11H2,1-4H3,(H,20,21);1-2H. The predicted octanol–water partition coefficient (Wildman–Crippen LogP) is 4.38. The van der Waals surface area contributed by atoms with Crippen molar-refractivity contribution in [2.24, 2.45) is 0 Å². The highest BCUT2D eigenvalue weighted by Gasteiger charge is 2.22. The number of halogens is 1. The number of ether oxygens (including phenoxy) is 1. The Labute approximate surface area is 165 Å². The third kappa shape index (κ3) is 6.61. The summed E-state index contributed by atoms with van der Waals surface area (Å²) in [6.45, 7) is 8.40. The van der Waals surface area contributed by atoms with E-state index in [-0.39, 0.29) is 17.8 Å². The molecule has 146 valence electrons. The van der Waals surface area contributed by atoms with Gasteiger partial charge in [-0.05, 0) is 45.4 Å². The van der Waals surface area contributed by atoms with Gasteiger partial charge in [-0.2, -0.15) is 0 Å². The number of carbonyl (C=O) groups is 2. The van der Waals surface area contributed by atoms with Crippen molar-refractivity contribution in [3.05, 3.63) is 29.6 Å². The topological polar surface area (TPSA) is 75.3 Å². The number of aromatic amines is 1. The van der Waals surface area contributed by atoms with Crippen LogP contribution in [0, 0.1) is 12.8 Å². The number of ketones is 1. The average molecular weight is 392 g/mol. The van der Waals surface area contributed by atoms with Gasteiger partial charge in [0.1, 0.15) is 11.4 Å². The summed E-state index contributed by atoms with van der Waals surface area (Å²) in [6.07, 6.45) is 8.45. The van der Waals surface area contributed by atoms with Gasteiger partial charge in [-0.25, -0.2) is 9.78 Å². The van der Waals surface area contributed by atoms with Crippen molar-refractivity contribution in [2.75, 3.05) is 12.4 Å². The van der Waals surface area contributed by atoms with Crippen molar-refractivity contribution < 1.29 is 14.3 Å². The third-order valence-electron chi connectivity index (χ3n) is 3.46. The van der Waals surface area contributed by atoms with Gasteiger partial charge in [0.25, 0.3) is 0 Å². The summed E-state index contributed by atoms with van der Waals surface area (Å²) in [6, 6.07) is 5.20. The molecule has 0 saturated carbocycles. The van der Waals surface area contributed by atoms with Crippen LogP contribution in [-0.2, 0) is 11.3 Å². The van der Waals surface area contributed by atoms with Crippen molar-refractivity contribution in [3.63, 3.8) is 0 Å². The van der Waals surface area contributed by atoms with Gasteiger partial charge in [-0.3, -0.25) is 4.79 Å². The maximum Gasteiger partial charge on any atom is 0.410 e. The Morgan fingerprint density at radius 3 is 2.52 bits per heavy atom. The minimum Gasteiger partial charge on any atom is -0.444 e. The first-order chi connectivity index (χ1) is 12.7. The van der Waals surface area contributed by atoms with Crippen LogP contribution in [0.25, 0.3) is 11.0 Å². The summed E-state index contributed by atoms with van der Waals surface area (Å²) in [5.74, 6) is 0.445. The number of Topliss-reactive ketones (excluding diaryl/α,β-unsaturated/α-hetero) is 1. The Hall–Kier alpha value is -2.52. The smallest absolute Gasteiger partial charge is 0.410 e. The van der Waals surface area contributed by atoms with E-state index in [2.05, 4.69) is 22.8 Å². The van der Waals surface area contributed by atoms with E-state index in [1.807, 2.05) is 27.7 Å². The molecule has 1 aromatic carbocycles. The molecule has 0 bridgehead atoms. The summed E-state index contributed by atoms with van der Waals surface area (Å²) >= 11 is 5.60. The van der Waals surface area contributed by atoms with Crippen LogP contribution in [0.4, 0.5) is 4.79 Å². The molecule has 1 N–H and O–H groups in total. The Bertz CT molecular complexity index is 806. The molecule has 2 rings (SSSR count). The van der Waals surface area contributed by atoms with Crippen LogP contribution in [0.15, 0.2) is 18.2 Å². The first-order valence-electron chi connectivity index (χ1n) is 8.62. The van der Waals surface area contributed by atoms with Gasteiger partial charge < -0.3 is 14.6 Å². The van der Waals surface area contributed by atoms with Gasteiger partial charge in [0.2, 0.25) is 0 Å². The Morgan fingerprint density at radius 1 is 1.30 bits per heavy atom. The van der Waals surface area contributed by atoms with E-state index < -0.39 is 5.60 Å². The molecule has 0 aliphatic heterocycles. The monoisotopic (exact) mass is 391 g/mol. The van der Waals surface area contributed by atoms with Crippen LogP contribution < -0.4 is 0 Å². The quantitative estimate of drug-likeness (QED) is 0.450. The van der Waals surface area contributed by atoms with Crippen molar-refractivity contribution in [2.45, 2.75) is 46.3 Å². The number of alkyl halides is 1. The summed E-state index contributed by atoms with van der Waals surface area (Å²) in [5.41, 5.74) is 1.47. The number of aromatic nitrogens is 2. The maximum atomic E-state index is 12.4. The minimum atomic E-state index is -0.548. The third-order valence-corrected chi connectivity index (χ3v) is 3.70. The number of rotatable bonds is 6. The summed E-state index contributed by atoms with van der Waals surface area (Å²) in [5, 5.41) is 0. The Balaban J connectivity index is 0.00000176. The molecule has 0 atom stereocenters. The van der Waals surface area contributed by atoms with Crippen LogP contribution >= 0.6 is 11.6 Å². The number of nitrogens with zero attached hydrogens (tertiary/aromatic N) is 2. The number of amides is 1. The molecule has 0 radical (unpaired) electrons. The van der Waals surface area contributed by atoms with Gasteiger partial charge in [0.05, 0.1) is 23.5 Å². The molecule has 27 heavy (non-hydrogen) atoms. The van der Waals surface area contributed by atoms with Crippen molar-refractivity contribution >= 4 is 34.5 Å². The van der Waals surface area contributed by atoms with Gasteiger partial charge in [0.15, 0.2) is 5.78 Å². The molecule has 0 saturated heterocycles. The molecule has 1 heterocycles.